The molecule has 11 heteroatoms. The second-order valence-electron chi connectivity index (χ2n) is 11.1. The SMILES string of the molecule is CC(C)NC(=O)[C@H]1CN(Cc2ccc(-c3ccc(C(C)(C(F)(F)F)C(F)(F)F)cc3)cc2)CCN1Cc1ccncc1. The van der Waals surface area contributed by atoms with Gasteiger partial charge in [-0.15, -0.1) is 0 Å². The van der Waals surface area contributed by atoms with Crippen molar-refractivity contribution in [1.82, 2.24) is 20.1 Å². The van der Waals surface area contributed by atoms with Crippen LogP contribution in [-0.2, 0) is 23.3 Å². The molecule has 5 nitrogen and oxygen atoms in total. The molecule has 3 aromatic rings. The number of piperazine rings is 1. The Bertz CT molecular complexity index is 1310. The minimum absolute atomic E-state index is 0.00734. The van der Waals surface area contributed by atoms with Crippen LogP contribution in [0.3, 0.4) is 0 Å². The number of halogens is 6. The zero-order valence-electron chi connectivity index (χ0n) is 23.6. The number of alkyl halides is 6. The van der Waals surface area contributed by atoms with Crippen LogP contribution >= 0.6 is 0 Å². The average molecular weight is 593 g/mol. The number of rotatable bonds is 8. The molecule has 1 atom stereocenters. The summed E-state index contributed by atoms with van der Waals surface area (Å²) in [4.78, 5) is 21.5. The van der Waals surface area contributed by atoms with E-state index in [1.165, 1.54) is 12.1 Å². The lowest BCUT2D eigenvalue weighted by molar-refractivity contribution is -0.297. The normalized spacial score (nSPS) is 17.4. The van der Waals surface area contributed by atoms with E-state index in [4.69, 9.17) is 0 Å². The summed E-state index contributed by atoms with van der Waals surface area (Å²) in [5, 5.41) is 3.02. The fourth-order valence-electron chi connectivity index (χ4n) is 5.11. The fourth-order valence-corrected chi connectivity index (χ4v) is 5.11. The van der Waals surface area contributed by atoms with E-state index in [1.54, 1.807) is 24.5 Å². The van der Waals surface area contributed by atoms with Crippen molar-refractivity contribution in [3.8, 4) is 11.1 Å². The lowest BCUT2D eigenvalue weighted by Gasteiger charge is -2.41. The number of carbonyl (C=O) groups excluding carboxylic acids is 1. The van der Waals surface area contributed by atoms with E-state index >= 15 is 0 Å². The van der Waals surface area contributed by atoms with Crippen LogP contribution in [0.2, 0.25) is 0 Å². The Kier molecular flexibility index (Phi) is 9.32. The van der Waals surface area contributed by atoms with Crippen molar-refractivity contribution in [1.29, 1.82) is 0 Å². The van der Waals surface area contributed by atoms with Crippen LogP contribution < -0.4 is 5.32 Å². The summed E-state index contributed by atoms with van der Waals surface area (Å²) in [5.74, 6) is -0.0327. The van der Waals surface area contributed by atoms with Gasteiger partial charge in [-0.2, -0.15) is 26.3 Å². The van der Waals surface area contributed by atoms with Gasteiger partial charge in [0.25, 0.3) is 0 Å². The standard InChI is InChI=1S/C31H34F6N4O/c1-21(2)39-28(42)27-20-40(16-17-41(27)19-23-12-14-38-15-13-23)18-22-4-6-24(7-5-22)25-8-10-26(11-9-25)29(3,30(32,33)34)31(35,36)37/h4-15,21,27H,16-20H2,1-3H3,(H,39,42)/t27-/m1/s1. The highest BCUT2D eigenvalue weighted by molar-refractivity contribution is 5.82. The van der Waals surface area contributed by atoms with Crippen molar-refractivity contribution in [3.05, 3.63) is 89.7 Å². The number of hydrogen-bond donors (Lipinski definition) is 1. The minimum Gasteiger partial charge on any atom is -0.353 e. The van der Waals surface area contributed by atoms with Gasteiger partial charge in [-0.05, 0) is 60.7 Å². The first kappa shape index (κ1) is 31.5. The molecule has 4 rings (SSSR count). The van der Waals surface area contributed by atoms with Gasteiger partial charge < -0.3 is 5.32 Å². The molecule has 0 radical (unpaired) electrons. The summed E-state index contributed by atoms with van der Waals surface area (Å²) in [6.45, 7) is 7.19. The summed E-state index contributed by atoms with van der Waals surface area (Å²) < 4.78 is 80.6. The van der Waals surface area contributed by atoms with Crippen LogP contribution in [0.15, 0.2) is 73.1 Å². The van der Waals surface area contributed by atoms with Crippen molar-refractivity contribution in [2.75, 3.05) is 19.6 Å². The second-order valence-corrected chi connectivity index (χ2v) is 11.1. The van der Waals surface area contributed by atoms with E-state index in [1.807, 2.05) is 38.1 Å². The lowest BCUT2D eigenvalue weighted by Crippen LogP contribution is -2.59. The van der Waals surface area contributed by atoms with E-state index in [-0.39, 0.29) is 24.9 Å². The number of pyridine rings is 1. The molecule has 42 heavy (non-hydrogen) atoms. The quantitative estimate of drug-likeness (QED) is 0.310. The number of hydrogen-bond acceptors (Lipinski definition) is 4. The molecule has 1 fully saturated rings. The zero-order chi connectivity index (χ0) is 30.7. The second kappa shape index (κ2) is 12.4. The van der Waals surface area contributed by atoms with Crippen molar-refractivity contribution >= 4 is 5.91 Å². The Balaban J connectivity index is 1.45. The van der Waals surface area contributed by atoms with Crippen molar-refractivity contribution in [3.63, 3.8) is 0 Å². The Morgan fingerprint density at radius 2 is 1.36 bits per heavy atom. The number of carbonyl (C=O) groups is 1. The van der Waals surface area contributed by atoms with Gasteiger partial charge in [0.05, 0.1) is 0 Å². The first-order valence-electron chi connectivity index (χ1n) is 13.7. The minimum atomic E-state index is -5.49. The predicted molar refractivity (Wildman–Crippen MR) is 148 cm³/mol. The third-order valence-electron chi connectivity index (χ3n) is 7.73. The predicted octanol–water partition coefficient (Wildman–Crippen LogP) is 6.34. The van der Waals surface area contributed by atoms with Crippen LogP contribution in [-0.4, -0.2) is 64.8 Å². The van der Waals surface area contributed by atoms with E-state index in [2.05, 4.69) is 20.1 Å². The maximum absolute atomic E-state index is 13.4. The largest absolute Gasteiger partial charge is 0.406 e. The fraction of sp³-hybridized carbons (Fsp3) is 0.419. The third kappa shape index (κ3) is 6.95. The maximum Gasteiger partial charge on any atom is 0.406 e. The molecule has 2 aromatic carbocycles. The molecule has 1 aromatic heterocycles. The van der Waals surface area contributed by atoms with Crippen molar-refractivity contribution in [2.45, 2.75) is 63.7 Å². The van der Waals surface area contributed by atoms with Gasteiger partial charge in [-0.1, -0.05) is 48.5 Å². The van der Waals surface area contributed by atoms with Gasteiger partial charge in [0, 0.05) is 51.2 Å². The number of nitrogens with zero attached hydrogens (tertiary/aromatic N) is 3. The molecular formula is C31H34F6N4O. The van der Waals surface area contributed by atoms with Crippen LogP contribution in [0.1, 0.15) is 37.5 Å². The Hall–Kier alpha value is -3.44. The van der Waals surface area contributed by atoms with Gasteiger partial charge in [-0.3, -0.25) is 19.6 Å². The number of benzene rings is 2. The molecule has 0 unspecified atom stereocenters. The summed E-state index contributed by atoms with van der Waals surface area (Å²) in [7, 11) is 0. The van der Waals surface area contributed by atoms with Crippen LogP contribution in [0.5, 0.6) is 0 Å². The number of aromatic nitrogens is 1. The molecule has 226 valence electrons. The van der Waals surface area contributed by atoms with Gasteiger partial charge >= 0.3 is 12.4 Å². The lowest BCUT2D eigenvalue weighted by atomic mass is 9.80. The van der Waals surface area contributed by atoms with Crippen LogP contribution in [0.25, 0.3) is 11.1 Å². The first-order valence-corrected chi connectivity index (χ1v) is 13.7. The maximum atomic E-state index is 13.4. The highest BCUT2D eigenvalue weighted by Crippen LogP contribution is 2.51. The molecule has 1 aliphatic rings. The van der Waals surface area contributed by atoms with Gasteiger partial charge in [0.1, 0.15) is 6.04 Å². The highest BCUT2D eigenvalue weighted by Gasteiger charge is 2.68. The zero-order valence-corrected chi connectivity index (χ0v) is 23.6. The Morgan fingerprint density at radius 3 is 1.88 bits per heavy atom. The highest BCUT2D eigenvalue weighted by atomic mass is 19.4. The van der Waals surface area contributed by atoms with Crippen LogP contribution in [0, 0.1) is 0 Å². The third-order valence-corrected chi connectivity index (χ3v) is 7.73. The van der Waals surface area contributed by atoms with Crippen LogP contribution in [0.4, 0.5) is 26.3 Å². The molecule has 1 amide bonds. The Morgan fingerprint density at radius 1 is 0.833 bits per heavy atom. The molecule has 0 aliphatic carbocycles. The van der Waals surface area contributed by atoms with Crippen molar-refractivity contribution < 1.29 is 31.1 Å². The monoisotopic (exact) mass is 592 g/mol. The molecule has 0 spiro atoms. The molecule has 2 heterocycles. The average Bonchev–Trinajstić information content (AvgIpc) is 2.93. The number of amides is 1. The summed E-state index contributed by atoms with van der Waals surface area (Å²) in [5.41, 5.74) is -1.60. The van der Waals surface area contributed by atoms with E-state index in [9.17, 15) is 31.1 Å². The summed E-state index contributed by atoms with van der Waals surface area (Å²) in [6, 6.07) is 15.2. The molecule has 1 aliphatic heterocycles. The van der Waals surface area contributed by atoms with E-state index in [0.717, 1.165) is 29.8 Å². The smallest absolute Gasteiger partial charge is 0.353 e. The topological polar surface area (TPSA) is 48.5 Å². The molecule has 1 N–H and O–H groups in total. The number of nitrogens with one attached hydrogen (secondary N) is 1. The molecule has 0 bridgehead atoms. The van der Waals surface area contributed by atoms with E-state index in [0.29, 0.717) is 37.3 Å². The first-order chi connectivity index (χ1) is 19.7. The van der Waals surface area contributed by atoms with E-state index < -0.39 is 23.3 Å². The van der Waals surface area contributed by atoms with Crippen molar-refractivity contribution in [2.24, 2.45) is 0 Å². The summed E-state index contributed by atoms with van der Waals surface area (Å²) >= 11 is 0. The summed E-state index contributed by atoms with van der Waals surface area (Å²) in [6.07, 6.45) is -7.52. The molecule has 0 saturated carbocycles. The van der Waals surface area contributed by atoms with Gasteiger partial charge in [0.2, 0.25) is 5.91 Å². The van der Waals surface area contributed by atoms with Gasteiger partial charge in [0.15, 0.2) is 5.41 Å². The molecule has 1 saturated heterocycles. The Labute approximate surface area is 241 Å². The molecular weight excluding hydrogens is 558 g/mol. The van der Waals surface area contributed by atoms with Gasteiger partial charge in [-0.25, -0.2) is 0 Å².